The van der Waals surface area contributed by atoms with Crippen LogP contribution < -0.4 is 4.74 Å². The average Bonchev–Trinajstić information content (AvgIpc) is 3.15. The summed E-state index contributed by atoms with van der Waals surface area (Å²) in [5, 5.41) is 0. The zero-order chi connectivity index (χ0) is 16.8. The average molecular weight is 325 g/mol. The van der Waals surface area contributed by atoms with E-state index in [9.17, 15) is 4.79 Å². The zero-order valence-corrected chi connectivity index (χ0v) is 14.0. The number of carbonyl (C=O) groups excluding carboxylic acids is 1. The van der Waals surface area contributed by atoms with Crippen LogP contribution in [-0.2, 0) is 4.74 Å². The summed E-state index contributed by atoms with van der Waals surface area (Å²) in [4.78, 5) is 14.9. The number of benzene rings is 2. The normalized spacial score (nSPS) is 15.9. The highest BCUT2D eigenvalue weighted by atomic mass is 16.5. The smallest absolute Gasteiger partial charge is 0.338 e. The lowest BCUT2D eigenvalue weighted by Crippen LogP contribution is -2.28. The van der Waals surface area contributed by atoms with E-state index < -0.39 is 0 Å². The van der Waals surface area contributed by atoms with Crippen LogP contribution in [-0.4, -0.2) is 37.6 Å². The SMILES string of the molecule is COc1ccc(C(=O)OC(CN2CCCC2)c2ccccc2)cc1. The Morgan fingerprint density at radius 2 is 1.71 bits per heavy atom. The molecule has 126 valence electrons. The Morgan fingerprint density at radius 3 is 2.33 bits per heavy atom. The molecule has 1 heterocycles. The summed E-state index contributed by atoms with van der Waals surface area (Å²) < 4.78 is 11.0. The molecule has 2 aromatic carbocycles. The van der Waals surface area contributed by atoms with Gasteiger partial charge in [0.05, 0.1) is 12.7 Å². The molecule has 1 atom stereocenters. The van der Waals surface area contributed by atoms with E-state index in [4.69, 9.17) is 9.47 Å². The summed E-state index contributed by atoms with van der Waals surface area (Å²) >= 11 is 0. The third-order valence-electron chi connectivity index (χ3n) is 4.37. The van der Waals surface area contributed by atoms with Crippen molar-refractivity contribution in [3.8, 4) is 5.75 Å². The van der Waals surface area contributed by atoms with Crippen LogP contribution >= 0.6 is 0 Å². The van der Waals surface area contributed by atoms with E-state index in [0.717, 1.165) is 30.9 Å². The maximum Gasteiger partial charge on any atom is 0.338 e. The molecule has 0 bridgehead atoms. The Hall–Kier alpha value is -2.33. The van der Waals surface area contributed by atoms with Crippen molar-refractivity contribution in [2.45, 2.75) is 18.9 Å². The van der Waals surface area contributed by atoms with Gasteiger partial charge in [-0.25, -0.2) is 4.79 Å². The predicted octanol–water partition coefficient (Wildman–Crippen LogP) is 3.69. The van der Waals surface area contributed by atoms with Gasteiger partial charge < -0.3 is 9.47 Å². The monoisotopic (exact) mass is 325 g/mol. The standard InChI is InChI=1S/C20H23NO3/c1-23-18-11-9-17(10-12-18)20(22)24-19(15-21-13-5-6-14-21)16-7-3-2-4-8-16/h2-4,7-12,19H,5-6,13-15H2,1H3. The minimum Gasteiger partial charge on any atom is -0.497 e. The fourth-order valence-electron chi connectivity index (χ4n) is 3.00. The Morgan fingerprint density at radius 1 is 1.04 bits per heavy atom. The lowest BCUT2D eigenvalue weighted by atomic mass is 10.1. The quantitative estimate of drug-likeness (QED) is 0.759. The van der Waals surface area contributed by atoms with Gasteiger partial charge in [-0.3, -0.25) is 4.90 Å². The molecule has 0 aliphatic carbocycles. The molecule has 0 N–H and O–H groups in total. The van der Waals surface area contributed by atoms with Crippen LogP contribution in [0.1, 0.15) is 34.9 Å². The number of esters is 1. The minimum atomic E-state index is -0.300. The van der Waals surface area contributed by atoms with E-state index in [0.29, 0.717) is 5.56 Å². The highest BCUT2D eigenvalue weighted by Gasteiger charge is 2.22. The van der Waals surface area contributed by atoms with Crippen molar-refractivity contribution in [3.05, 3.63) is 65.7 Å². The van der Waals surface area contributed by atoms with Crippen LogP contribution in [0.25, 0.3) is 0 Å². The van der Waals surface area contributed by atoms with E-state index >= 15 is 0 Å². The van der Waals surface area contributed by atoms with Gasteiger partial charge in [-0.1, -0.05) is 30.3 Å². The summed E-state index contributed by atoms with van der Waals surface area (Å²) in [6, 6.07) is 17.0. The van der Waals surface area contributed by atoms with E-state index in [-0.39, 0.29) is 12.1 Å². The molecular formula is C20H23NO3. The summed E-state index contributed by atoms with van der Waals surface area (Å²) in [5.41, 5.74) is 1.57. The number of hydrogen-bond acceptors (Lipinski definition) is 4. The predicted molar refractivity (Wildman–Crippen MR) is 93.3 cm³/mol. The highest BCUT2D eigenvalue weighted by Crippen LogP contribution is 2.23. The molecule has 0 radical (unpaired) electrons. The number of nitrogens with zero attached hydrogens (tertiary/aromatic N) is 1. The Labute approximate surface area is 143 Å². The highest BCUT2D eigenvalue weighted by molar-refractivity contribution is 5.89. The van der Waals surface area contributed by atoms with Gasteiger partial charge in [-0.2, -0.15) is 0 Å². The maximum absolute atomic E-state index is 12.5. The molecular weight excluding hydrogens is 302 g/mol. The molecule has 4 nitrogen and oxygen atoms in total. The molecule has 3 rings (SSSR count). The van der Waals surface area contributed by atoms with E-state index in [1.807, 2.05) is 30.3 Å². The topological polar surface area (TPSA) is 38.8 Å². The van der Waals surface area contributed by atoms with E-state index in [1.54, 1.807) is 31.4 Å². The first-order valence-electron chi connectivity index (χ1n) is 8.38. The van der Waals surface area contributed by atoms with Crippen LogP contribution in [0.15, 0.2) is 54.6 Å². The number of rotatable bonds is 6. The van der Waals surface area contributed by atoms with Crippen molar-refractivity contribution in [1.29, 1.82) is 0 Å². The van der Waals surface area contributed by atoms with Crippen LogP contribution in [0.5, 0.6) is 5.75 Å². The lowest BCUT2D eigenvalue weighted by molar-refractivity contribution is 0.0216. The zero-order valence-electron chi connectivity index (χ0n) is 14.0. The Bertz CT molecular complexity index is 648. The second-order valence-electron chi connectivity index (χ2n) is 6.04. The fraction of sp³-hybridized carbons (Fsp3) is 0.350. The summed E-state index contributed by atoms with van der Waals surface area (Å²) in [7, 11) is 1.61. The Balaban J connectivity index is 1.73. The van der Waals surface area contributed by atoms with Gasteiger partial charge in [-0.15, -0.1) is 0 Å². The molecule has 1 fully saturated rings. The van der Waals surface area contributed by atoms with Crippen molar-refractivity contribution in [1.82, 2.24) is 4.90 Å². The first-order chi connectivity index (χ1) is 11.8. The van der Waals surface area contributed by atoms with Crippen molar-refractivity contribution in [2.24, 2.45) is 0 Å². The summed E-state index contributed by atoms with van der Waals surface area (Å²) in [6.07, 6.45) is 2.18. The van der Waals surface area contributed by atoms with Crippen molar-refractivity contribution >= 4 is 5.97 Å². The lowest BCUT2D eigenvalue weighted by Gasteiger charge is -2.24. The van der Waals surface area contributed by atoms with Crippen LogP contribution in [0, 0.1) is 0 Å². The second kappa shape index (κ2) is 7.97. The number of ether oxygens (including phenoxy) is 2. The molecule has 1 unspecified atom stereocenters. The van der Waals surface area contributed by atoms with Gasteiger partial charge in [-0.05, 0) is 55.8 Å². The Kier molecular flexibility index (Phi) is 5.49. The molecule has 0 spiro atoms. The van der Waals surface area contributed by atoms with Crippen LogP contribution in [0.3, 0.4) is 0 Å². The molecule has 4 heteroatoms. The fourth-order valence-corrected chi connectivity index (χ4v) is 3.00. The molecule has 1 aliphatic rings. The van der Waals surface area contributed by atoms with Gasteiger partial charge >= 0.3 is 5.97 Å². The van der Waals surface area contributed by atoms with Crippen molar-refractivity contribution < 1.29 is 14.3 Å². The third-order valence-corrected chi connectivity index (χ3v) is 4.37. The van der Waals surface area contributed by atoms with Crippen molar-refractivity contribution in [2.75, 3.05) is 26.7 Å². The molecule has 0 amide bonds. The van der Waals surface area contributed by atoms with E-state index in [2.05, 4.69) is 4.90 Å². The van der Waals surface area contributed by atoms with Gasteiger partial charge in [0, 0.05) is 6.54 Å². The molecule has 1 saturated heterocycles. The second-order valence-corrected chi connectivity index (χ2v) is 6.04. The van der Waals surface area contributed by atoms with Crippen LogP contribution in [0.4, 0.5) is 0 Å². The number of likely N-dealkylation sites (tertiary alicyclic amines) is 1. The van der Waals surface area contributed by atoms with Crippen molar-refractivity contribution in [3.63, 3.8) is 0 Å². The molecule has 0 aromatic heterocycles. The molecule has 24 heavy (non-hydrogen) atoms. The molecule has 0 saturated carbocycles. The van der Waals surface area contributed by atoms with Crippen LogP contribution in [0.2, 0.25) is 0 Å². The maximum atomic E-state index is 12.5. The minimum absolute atomic E-state index is 0.251. The van der Waals surface area contributed by atoms with E-state index in [1.165, 1.54) is 12.8 Å². The summed E-state index contributed by atoms with van der Waals surface area (Å²) in [6.45, 7) is 2.89. The van der Waals surface area contributed by atoms with Gasteiger partial charge in [0.25, 0.3) is 0 Å². The largest absolute Gasteiger partial charge is 0.497 e. The van der Waals surface area contributed by atoms with Gasteiger partial charge in [0.15, 0.2) is 0 Å². The number of methoxy groups -OCH3 is 1. The number of carbonyl (C=O) groups is 1. The third kappa shape index (κ3) is 4.15. The first-order valence-corrected chi connectivity index (χ1v) is 8.38. The summed E-state index contributed by atoms with van der Waals surface area (Å²) in [5.74, 6) is 0.425. The van der Waals surface area contributed by atoms with Gasteiger partial charge in [0.1, 0.15) is 11.9 Å². The molecule has 1 aliphatic heterocycles. The number of hydrogen-bond donors (Lipinski definition) is 0. The molecule has 2 aromatic rings. The van der Waals surface area contributed by atoms with Gasteiger partial charge in [0.2, 0.25) is 0 Å². The first kappa shape index (κ1) is 16.5.